The first-order valence-corrected chi connectivity index (χ1v) is 14.1. The van der Waals surface area contributed by atoms with E-state index in [0.29, 0.717) is 6.61 Å². The molecule has 5 nitrogen and oxygen atoms in total. The highest BCUT2D eigenvalue weighted by Gasteiger charge is 2.57. The molecule has 0 radical (unpaired) electrons. The summed E-state index contributed by atoms with van der Waals surface area (Å²) in [5.74, 6) is 0. The number of ether oxygens (including phenoxy) is 4. The Morgan fingerprint density at radius 3 is 2.64 bits per heavy atom. The van der Waals surface area contributed by atoms with Crippen molar-refractivity contribution in [1.82, 2.24) is 0 Å². The quantitative estimate of drug-likeness (QED) is 0.365. The number of hydrogen-bond acceptors (Lipinski definition) is 5. The van der Waals surface area contributed by atoms with Crippen LogP contribution in [0.2, 0.25) is 13.1 Å². The van der Waals surface area contributed by atoms with Crippen LogP contribution < -0.4 is 0 Å². The normalized spacial score (nSPS) is 37.9. The first-order valence-electron chi connectivity index (χ1n) is 9.82. The second-order valence-electron chi connectivity index (χ2n) is 8.67. The first kappa shape index (κ1) is 20.7. The lowest BCUT2D eigenvalue weighted by Crippen LogP contribution is -2.58. The van der Waals surface area contributed by atoms with E-state index in [2.05, 4.69) is 42.0 Å². The monoisotopic (exact) mass is 468 g/mol. The van der Waals surface area contributed by atoms with Gasteiger partial charge in [-0.3, -0.25) is 0 Å². The average molecular weight is 469 g/mol. The predicted octanol–water partition coefficient (Wildman–Crippen LogP) is 4.33. The maximum atomic E-state index is 6.51. The number of methoxy groups -OCH3 is 1. The smallest absolute Gasteiger partial charge is 0.197 e. The molecule has 2 fully saturated rings. The summed E-state index contributed by atoms with van der Waals surface area (Å²) in [5, 5.41) is 0. The number of alkyl halides is 1. The van der Waals surface area contributed by atoms with Gasteiger partial charge in [0.25, 0.3) is 0 Å². The Balaban J connectivity index is 1.60. The second-order valence-corrected chi connectivity index (χ2v) is 14.4. The molecule has 2 saturated heterocycles. The molecule has 1 aromatic carbocycles. The molecule has 0 spiro atoms. The maximum absolute atomic E-state index is 6.51. The van der Waals surface area contributed by atoms with Gasteiger partial charge in [0, 0.05) is 23.0 Å². The molecule has 0 N–H and O–H groups in total. The van der Waals surface area contributed by atoms with E-state index in [4.69, 9.17) is 23.4 Å². The molecule has 3 aliphatic rings. The van der Waals surface area contributed by atoms with Crippen LogP contribution in [0.25, 0.3) is 0 Å². The summed E-state index contributed by atoms with van der Waals surface area (Å²) in [5.41, 5.74) is 1.96. The van der Waals surface area contributed by atoms with Crippen molar-refractivity contribution in [3.63, 3.8) is 0 Å². The molecule has 7 heteroatoms. The van der Waals surface area contributed by atoms with E-state index in [-0.39, 0.29) is 36.3 Å². The SMILES string of the molecule is CO[C@H]1OC2CO[C@H](c3ccccc3)OC2[C@]2(C)C[C@@H](O[Si](C)(C)CBr)C=C12. The van der Waals surface area contributed by atoms with Gasteiger partial charge in [-0.2, -0.15) is 0 Å². The number of halogens is 1. The van der Waals surface area contributed by atoms with Gasteiger partial charge in [-0.15, -0.1) is 0 Å². The fourth-order valence-electron chi connectivity index (χ4n) is 4.53. The topological polar surface area (TPSA) is 46.2 Å². The van der Waals surface area contributed by atoms with Crippen molar-refractivity contribution in [2.45, 2.75) is 57.3 Å². The molecule has 4 rings (SSSR count). The van der Waals surface area contributed by atoms with Gasteiger partial charge in [0.15, 0.2) is 20.9 Å². The summed E-state index contributed by atoms with van der Waals surface area (Å²) in [4.78, 5) is 0.910. The summed E-state index contributed by atoms with van der Waals surface area (Å²) in [6.07, 6.45) is 2.11. The average Bonchev–Trinajstić information content (AvgIpc) is 3.04. The number of rotatable bonds is 5. The van der Waals surface area contributed by atoms with Crippen LogP contribution in [0.1, 0.15) is 25.2 Å². The van der Waals surface area contributed by atoms with E-state index in [1.165, 1.54) is 0 Å². The summed E-state index contributed by atoms with van der Waals surface area (Å²) < 4.78 is 30.9. The highest BCUT2D eigenvalue weighted by Crippen LogP contribution is 2.53. The van der Waals surface area contributed by atoms with Crippen molar-refractivity contribution in [3.8, 4) is 0 Å². The highest BCUT2D eigenvalue weighted by molar-refractivity contribution is 9.09. The van der Waals surface area contributed by atoms with Gasteiger partial charge in [0.1, 0.15) is 6.10 Å². The molecule has 0 bridgehead atoms. The fraction of sp³-hybridized carbons (Fsp3) is 0.619. The van der Waals surface area contributed by atoms with Crippen molar-refractivity contribution >= 4 is 24.2 Å². The molecule has 0 aromatic heterocycles. The van der Waals surface area contributed by atoms with Crippen LogP contribution in [0.4, 0.5) is 0 Å². The Hall–Kier alpha value is -0.543. The summed E-state index contributed by atoms with van der Waals surface area (Å²) in [6, 6.07) is 10.1. The Bertz CT molecular complexity index is 727. The van der Waals surface area contributed by atoms with Crippen molar-refractivity contribution in [3.05, 3.63) is 47.5 Å². The predicted molar refractivity (Wildman–Crippen MR) is 113 cm³/mol. The van der Waals surface area contributed by atoms with Crippen molar-refractivity contribution in [2.75, 3.05) is 18.7 Å². The summed E-state index contributed by atoms with van der Waals surface area (Å²) in [7, 11) is -0.0671. The van der Waals surface area contributed by atoms with Crippen LogP contribution in [-0.2, 0) is 23.4 Å². The van der Waals surface area contributed by atoms with Crippen molar-refractivity contribution in [2.24, 2.45) is 5.41 Å². The third kappa shape index (κ3) is 3.78. The third-order valence-electron chi connectivity index (χ3n) is 5.93. The van der Waals surface area contributed by atoms with Crippen molar-refractivity contribution in [1.29, 1.82) is 0 Å². The number of fused-ring (bicyclic) bond motifs is 3. The zero-order valence-corrected chi connectivity index (χ0v) is 19.5. The van der Waals surface area contributed by atoms with Crippen LogP contribution in [-0.4, -0.2) is 51.6 Å². The standard InChI is InChI=1S/C21H29BrO5Si/c1-21-11-15(27-28(3,4)13-22)10-16(21)20(23-2)25-17-12-24-19(26-18(17)21)14-8-6-5-7-9-14/h5-10,15,17-20H,11-13H2,1-4H3/t15-,17?,18?,19-,20-,21+/m0/s1. The molecule has 28 heavy (non-hydrogen) atoms. The van der Waals surface area contributed by atoms with Crippen LogP contribution >= 0.6 is 15.9 Å². The van der Waals surface area contributed by atoms with Gasteiger partial charge in [-0.1, -0.05) is 59.3 Å². The number of benzene rings is 1. The molecular formula is C21H29BrO5Si. The molecule has 2 unspecified atom stereocenters. The van der Waals surface area contributed by atoms with Crippen LogP contribution in [0.5, 0.6) is 0 Å². The maximum Gasteiger partial charge on any atom is 0.197 e. The lowest BCUT2D eigenvalue weighted by Gasteiger charge is -2.51. The van der Waals surface area contributed by atoms with Gasteiger partial charge >= 0.3 is 0 Å². The summed E-state index contributed by atoms with van der Waals surface area (Å²) in [6.45, 7) is 7.20. The molecule has 1 aromatic rings. The fourth-order valence-corrected chi connectivity index (χ4v) is 5.96. The van der Waals surface area contributed by atoms with Gasteiger partial charge in [-0.25, -0.2) is 0 Å². The lowest BCUT2D eigenvalue weighted by molar-refractivity contribution is -0.325. The zero-order chi connectivity index (χ0) is 19.9. The molecule has 154 valence electrons. The number of hydrogen-bond donors (Lipinski definition) is 0. The van der Waals surface area contributed by atoms with E-state index in [1.54, 1.807) is 7.11 Å². The van der Waals surface area contributed by atoms with E-state index in [9.17, 15) is 0 Å². The molecule has 0 amide bonds. The molecule has 2 aliphatic heterocycles. The van der Waals surface area contributed by atoms with Crippen LogP contribution in [0, 0.1) is 5.41 Å². The molecule has 2 heterocycles. The minimum atomic E-state index is -1.76. The van der Waals surface area contributed by atoms with Crippen LogP contribution in [0.3, 0.4) is 0 Å². The highest BCUT2D eigenvalue weighted by atomic mass is 79.9. The molecule has 1 aliphatic carbocycles. The minimum absolute atomic E-state index is 0.0563. The van der Waals surface area contributed by atoms with Gasteiger partial charge < -0.3 is 23.4 Å². The van der Waals surface area contributed by atoms with Gasteiger partial charge in [0.05, 0.1) is 18.8 Å². The van der Waals surface area contributed by atoms with E-state index in [1.807, 2.05) is 30.3 Å². The van der Waals surface area contributed by atoms with Gasteiger partial charge in [-0.05, 0) is 25.1 Å². The lowest BCUT2D eigenvalue weighted by atomic mass is 9.73. The van der Waals surface area contributed by atoms with Gasteiger partial charge in [0.2, 0.25) is 0 Å². The molecule has 6 atom stereocenters. The third-order valence-corrected chi connectivity index (χ3v) is 11.6. The van der Waals surface area contributed by atoms with E-state index >= 15 is 0 Å². The van der Waals surface area contributed by atoms with E-state index < -0.39 is 8.32 Å². The Kier molecular flexibility index (Phi) is 5.88. The first-order chi connectivity index (χ1) is 13.4. The van der Waals surface area contributed by atoms with E-state index in [0.717, 1.165) is 22.5 Å². The molecule has 0 saturated carbocycles. The minimum Gasteiger partial charge on any atom is -0.410 e. The zero-order valence-electron chi connectivity index (χ0n) is 16.9. The Labute approximate surface area is 176 Å². The van der Waals surface area contributed by atoms with Crippen LogP contribution in [0.15, 0.2) is 42.0 Å². The van der Waals surface area contributed by atoms with Crippen molar-refractivity contribution < 1.29 is 23.4 Å². The second kappa shape index (κ2) is 7.94. The molecular weight excluding hydrogens is 440 g/mol. The summed E-state index contributed by atoms with van der Waals surface area (Å²) >= 11 is 3.61. The Morgan fingerprint density at radius 1 is 1.21 bits per heavy atom. The Morgan fingerprint density at radius 2 is 1.96 bits per heavy atom. The largest absolute Gasteiger partial charge is 0.410 e.